The third kappa shape index (κ3) is 4.05. The molecule has 0 heterocycles. The highest BCUT2D eigenvalue weighted by Gasteiger charge is 2.27. The molecular formula is C17H29NO. The molecule has 0 saturated heterocycles. The number of hydrogen-bond donors (Lipinski definition) is 2. The highest BCUT2D eigenvalue weighted by Crippen LogP contribution is 2.30. The smallest absolute Gasteiger partial charge is 0.0607 e. The lowest BCUT2D eigenvalue weighted by Gasteiger charge is -2.34. The minimum Gasteiger partial charge on any atom is -0.394 e. The molecule has 2 heteroatoms. The zero-order valence-corrected chi connectivity index (χ0v) is 13.5. The predicted octanol–water partition coefficient (Wildman–Crippen LogP) is 3.25. The van der Waals surface area contributed by atoms with Crippen molar-refractivity contribution in [2.24, 2.45) is 0 Å². The molecule has 0 radical (unpaired) electrons. The Morgan fingerprint density at radius 1 is 1.00 bits per heavy atom. The van der Waals surface area contributed by atoms with E-state index in [9.17, 15) is 5.11 Å². The van der Waals surface area contributed by atoms with Crippen LogP contribution in [0.15, 0.2) is 12.1 Å². The number of aliphatic hydroxyl groups is 1. The topological polar surface area (TPSA) is 32.3 Å². The lowest BCUT2D eigenvalue weighted by Crippen LogP contribution is -2.48. The zero-order chi connectivity index (χ0) is 14.8. The first-order chi connectivity index (χ1) is 8.59. The average Bonchev–Trinajstić information content (AvgIpc) is 2.25. The Morgan fingerprint density at radius 2 is 1.47 bits per heavy atom. The van der Waals surface area contributed by atoms with E-state index in [0.717, 1.165) is 6.54 Å². The predicted molar refractivity (Wildman–Crippen MR) is 82.8 cm³/mol. The standard InChI is InChI=1S/C17H29NO/c1-12-8-13(2)15(14(3)9-12)16(4,5)10-18-17(6,7)11-19/h8-9,18-19H,10-11H2,1-7H3. The van der Waals surface area contributed by atoms with E-state index in [1.165, 1.54) is 22.3 Å². The van der Waals surface area contributed by atoms with E-state index in [2.05, 4.69) is 52.1 Å². The van der Waals surface area contributed by atoms with Crippen LogP contribution < -0.4 is 5.32 Å². The second kappa shape index (κ2) is 5.64. The zero-order valence-electron chi connectivity index (χ0n) is 13.5. The Balaban J connectivity index is 3.01. The molecule has 0 spiro atoms. The summed E-state index contributed by atoms with van der Waals surface area (Å²) < 4.78 is 0. The first-order valence-electron chi connectivity index (χ1n) is 7.03. The maximum atomic E-state index is 9.34. The Labute approximate surface area is 118 Å². The SMILES string of the molecule is Cc1cc(C)c(C(C)(C)CNC(C)(C)CO)c(C)c1. The Morgan fingerprint density at radius 3 is 1.89 bits per heavy atom. The largest absolute Gasteiger partial charge is 0.394 e. The van der Waals surface area contributed by atoms with Gasteiger partial charge < -0.3 is 10.4 Å². The number of hydrogen-bond acceptors (Lipinski definition) is 2. The van der Waals surface area contributed by atoms with E-state index in [1.807, 2.05) is 13.8 Å². The van der Waals surface area contributed by atoms with Gasteiger partial charge in [0.05, 0.1) is 6.61 Å². The third-order valence-corrected chi connectivity index (χ3v) is 3.76. The normalized spacial score (nSPS) is 12.8. The highest BCUT2D eigenvalue weighted by molar-refractivity contribution is 5.42. The number of benzene rings is 1. The second-order valence-electron chi connectivity index (χ2n) is 7.05. The summed E-state index contributed by atoms with van der Waals surface area (Å²) in [7, 11) is 0. The number of nitrogens with one attached hydrogen (secondary N) is 1. The molecule has 1 rings (SSSR count). The first-order valence-corrected chi connectivity index (χ1v) is 7.03. The van der Waals surface area contributed by atoms with E-state index in [4.69, 9.17) is 0 Å². The van der Waals surface area contributed by atoms with Crippen molar-refractivity contribution in [1.29, 1.82) is 0 Å². The molecule has 1 aromatic carbocycles. The van der Waals surface area contributed by atoms with Crippen LogP contribution in [0.1, 0.15) is 49.9 Å². The van der Waals surface area contributed by atoms with E-state index in [-0.39, 0.29) is 17.6 Å². The minimum absolute atomic E-state index is 0.0499. The molecule has 0 aliphatic heterocycles. The van der Waals surface area contributed by atoms with Crippen LogP contribution in [0.2, 0.25) is 0 Å². The van der Waals surface area contributed by atoms with E-state index in [0.29, 0.717) is 0 Å². The van der Waals surface area contributed by atoms with Crippen molar-refractivity contribution in [3.63, 3.8) is 0 Å². The van der Waals surface area contributed by atoms with Crippen molar-refractivity contribution in [2.75, 3.05) is 13.2 Å². The second-order valence-corrected chi connectivity index (χ2v) is 7.05. The van der Waals surface area contributed by atoms with E-state index >= 15 is 0 Å². The lowest BCUT2D eigenvalue weighted by molar-refractivity contribution is 0.181. The number of aliphatic hydroxyl groups excluding tert-OH is 1. The van der Waals surface area contributed by atoms with Gasteiger partial charge in [0, 0.05) is 17.5 Å². The van der Waals surface area contributed by atoms with Crippen LogP contribution in [0.5, 0.6) is 0 Å². The van der Waals surface area contributed by atoms with Gasteiger partial charge in [0.1, 0.15) is 0 Å². The van der Waals surface area contributed by atoms with Gasteiger partial charge in [0.2, 0.25) is 0 Å². The average molecular weight is 263 g/mol. The van der Waals surface area contributed by atoms with Crippen molar-refractivity contribution in [3.05, 3.63) is 34.4 Å². The van der Waals surface area contributed by atoms with Crippen molar-refractivity contribution in [2.45, 2.75) is 59.4 Å². The van der Waals surface area contributed by atoms with Crippen LogP contribution in [-0.2, 0) is 5.41 Å². The van der Waals surface area contributed by atoms with Crippen molar-refractivity contribution < 1.29 is 5.11 Å². The first kappa shape index (κ1) is 16.2. The molecule has 2 N–H and O–H groups in total. The molecule has 19 heavy (non-hydrogen) atoms. The lowest BCUT2D eigenvalue weighted by atomic mass is 9.78. The summed E-state index contributed by atoms with van der Waals surface area (Å²) in [5.41, 5.74) is 5.26. The van der Waals surface area contributed by atoms with Gasteiger partial charge in [-0.2, -0.15) is 0 Å². The van der Waals surface area contributed by atoms with Gasteiger partial charge in [-0.3, -0.25) is 0 Å². The molecule has 0 fully saturated rings. The Kier molecular flexibility index (Phi) is 4.81. The summed E-state index contributed by atoms with van der Waals surface area (Å²) in [5.74, 6) is 0. The molecule has 0 aliphatic carbocycles. The molecule has 108 valence electrons. The number of aryl methyl sites for hydroxylation is 3. The fraction of sp³-hybridized carbons (Fsp3) is 0.647. The van der Waals surface area contributed by atoms with Crippen LogP contribution in [0, 0.1) is 20.8 Å². The quantitative estimate of drug-likeness (QED) is 0.854. The summed E-state index contributed by atoms with van der Waals surface area (Å²) in [6, 6.07) is 4.50. The maximum Gasteiger partial charge on any atom is 0.0607 e. The molecule has 0 atom stereocenters. The van der Waals surface area contributed by atoms with Crippen molar-refractivity contribution in [3.8, 4) is 0 Å². The van der Waals surface area contributed by atoms with E-state index < -0.39 is 0 Å². The van der Waals surface area contributed by atoms with Crippen LogP contribution in [-0.4, -0.2) is 23.8 Å². The van der Waals surface area contributed by atoms with Crippen LogP contribution in [0.25, 0.3) is 0 Å². The molecule has 2 nitrogen and oxygen atoms in total. The van der Waals surface area contributed by atoms with Gasteiger partial charge in [-0.15, -0.1) is 0 Å². The summed E-state index contributed by atoms with van der Waals surface area (Å²) in [5, 5.41) is 12.8. The summed E-state index contributed by atoms with van der Waals surface area (Å²) >= 11 is 0. The molecule has 0 saturated carbocycles. The summed E-state index contributed by atoms with van der Waals surface area (Å²) in [6.07, 6.45) is 0. The highest BCUT2D eigenvalue weighted by atomic mass is 16.3. The Hall–Kier alpha value is -0.860. The van der Waals surface area contributed by atoms with Gasteiger partial charge in [-0.05, 0) is 51.3 Å². The fourth-order valence-electron chi connectivity index (χ4n) is 2.85. The van der Waals surface area contributed by atoms with Gasteiger partial charge in [0.25, 0.3) is 0 Å². The fourth-order valence-corrected chi connectivity index (χ4v) is 2.85. The summed E-state index contributed by atoms with van der Waals surface area (Å²) in [6.45, 7) is 16.1. The van der Waals surface area contributed by atoms with Gasteiger partial charge in [-0.25, -0.2) is 0 Å². The summed E-state index contributed by atoms with van der Waals surface area (Å²) in [4.78, 5) is 0. The van der Waals surface area contributed by atoms with Crippen LogP contribution >= 0.6 is 0 Å². The van der Waals surface area contributed by atoms with Crippen molar-refractivity contribution in [1.82, 2.24) is 5.32 Å². The molecule has 0 amide bonds. The molecule has 0 bridgehead atoms. The van der Waals surface area contributed by atoms with Crippen LogP contribution in [0.3, 0.4) is 0 Å². The molecule has 0 aromatic heterocycles. The van der Waals surface area contributed by atoms with Gasteiger partial charge >= 0.3 is 0 Å². The van der Waals surface area contributed by atoms with Gasteiger partial charge in [0.15, 0.2) is 0 Å². The van der Waals surface area contributed by atoms with Crippen molar-refractivity contribution >= 4 is 0 Å². The third-order valence-electron chi connectivity index (χ3n) is 3.76. The molecule has 0 unspecified atom stereocenters. The number of rotatable bonds is 5. The monoisotopic (exact) mass is 263 g/mol. The molecule has 1 aromatic rings. The molecule has 0 aliphatic rings. The van der Waals surface area contributed by atoms with Gasteiger partial charge in [-0.1, -0.05) is 31.5 Å². The van der Waals surface area contributed by atoms with Crippen LogP contribution in [0.4, 0.5) is 0 Å². The Bertz CT molecular complexity index is 424. The maximum absolute atomic E-state index is 9.34. The van der Waals surface area contributed by atoms with E-state index in [1.54, 1.807) is 0 Å². The molecular weight excluding hydrogens is 234 g/mol. The minimum atomic E-state index is -0.232.